The van der Waals surface area contributed by atoms with Gasteiger partial charge in [-0.05, 0) is 24.3 Å². The zero-order chi connectivity index (χ0) is 22.8. The molecule has 0 bridgehead atoms. The van der Waals surface area contributed by atoms with E-state index in [-0.39, 0.29) is 41.9 Å². The van der Waals surface area contributed by atoms with Crippen LogP contribution < -0.4 is 20.5 Å². The summed E-state index contributed by atoms with van der Waals surface area (Å²) in [4.78, 5) is 37.2. The van der Waals surface area contributed by atoms with Crippen LogP contribution in [-0.4, -0.2) is 45.9 Å². The molecule has 0 unspecified atom stereocenters. The molecule has 32 heavy (non-hydrogen) atoms. The molecule has 12 heteroatoms. The summed E-state index contributed by atoms with van der Waals surface area (Å²) in [6, 6.07) is 6.36. The van der Waals surface area contributed by atoms with Crippen molar-refractivity contribution in [3.8, 4) is 22.2 Å². The van der Waals surface area contributed by atoms with Gasteiger partial charge in [-0.2, -0.15) is 0 Å². The second kappa shape index (κ2) is 8.83. The summed E-state index contributed by atoms with van der Waals surface area (Å²) >= 11 is 1.50. The standard InChI is InChI=1S/C20H21N5O6S/c1-30-15-10-13(14(25(28)29)11-16(15)31-2)19(26)21-7-8-23-20(27)24(12-5-6-12)18(22-23)17-4-3-9-32-17/h3-4,9-12H,5-8H2,1-2H3,(H,21,26). The Kier molecular flexibility index (Phi) is 5.95. The molecule has 1 aliphatic rings. The van der Waals surface area contributed by atoms with Gasteiger partial charge < -0.3 is 14.8 Å². The number of hydrogen-bond acceptors (Lipinski definition) is 8. The van der Waals surface area contributed by atoms with E-state index in [0.717, 1.165) is 23.8 Å². The van der Waals surface area contributed by atoms with Gasteiger partial charge in [0.1, 0.15) is 5.56 Å². The van der Waals surface area contributed by atoms with Crippen molar-refractivity contribution in [2.24, 2.45) is 0 Å². The van der Waals surface area contributed by atoms with Crippen LogP contribution >= 0.6 is 11.3 Å². The van der Waals surface area contributed by atoms with E-state index in [1.807, 2.05) is 17.5 Å². The average Bonchev–Trinajstić information content (AvgIpc) is 3.36. The fourth-order valence-electron chi connectivity index (χ4n) is 3.37. The molecule has 2 heterocycles. The third-order valence-electron chi connectivity index (χ3n) is 5.08. The van der Waals surface area contributed by atoms with Crippen LogP contribution in [-0.2, 0) is 6.54 Å². The van der Waals surface area contributed by atoms with Crippen molar-refractivity contribution in [1.29, 1.82) is 0 Å². The van der Waals surface area contributed by atoms with E-state index >= 15 is 0 Å². The second-order valence-electron chi connectivity index (χ2n) is 7.15. The topological polar surface area (TPSA) is 131 Å². The van der Waals surface area contributed by atoms with Gasteiger partial charge in [0.15, 0.2) is 17.3 Å². The Hall–Kier alpha value is -3.67. The van der Waals surface area contributed by atoms with Gasteiger partial charge in [-0.25, -0.2) is 9.48 Å². The van der Waals surface area contributed by atoms with E-state index in [1.165, 1.54) is 36.3 Å². The number of nitrogens with zero attached hydrogens (tertiary/aromatic N) is 4. The minimum absolute atomic E-state index is 0.0653. The molecule has 3 aromatic rings. The minimum Gasteiger partial charge on any atom is -0.493 e. The number of thiophene rings is 1. The zero-order valence-corrected chi connectivity index (χ0v) is 18.3. The molecular formula is C20H21N5O6S. The summed E-state index contributed by atoms with van der Waals surface area (Å²) in [5.74, 6) is 0.303. The lowest BCUT2D eigenvalue weighted by atomic mass is 10.1. The smallest absolute Gasteiger partial charge is 0.346 e. The van der Waals surface area contributed by atoms with Crippen LogP contribution in [0.15, 0.2) is 34.4 Å². The van der Waals surface area contributed by atoms with Crippen LogP contribution in [0.4, 0.5) is 5.69 Å². The van der Waals surface area contributed by atoms with Crippen molar-refractivity contribution < 1.29 is 19.2 Å². The number of nitro groups is 1. The molecule has 168 valence electrons. The van der Waals surface area contributed by atoms with Crippen molar-refractivity contribution in [3.63, 3.8) is 0 Å². The maximum Gasteiger partial charge on any atom is 0.346 e. The molecule has 1 N–H and O–H groups in total. The lowest BCUT2D eigenvalue weighted by Crippen LogP contribution is -2.32. The Morgan fingerprint density at radius 1 is 1.31 bits per heavy atom. The first-order valence-electron chi connectivity index (χ1n) is 9.86. The summed E-state index contributed by atoms with van der Waals surface area (Å²) in [5, 5.41) is 20.4. The summed E-state index contributed by atoms with van der Waals surface area (Å²) in [6.07, 6.45) is 1.87. The molecule has 0 aliphatic heterocycles. The predicted molar refractivity (Wildman–Crippen MR) is 117 cm³/mol. The first kappa shape index (κ1) is 21.6. The fourth-order valence-corrected chi connectivity index (χ4v) is 4.08. The van der Waals surface area contributed by atoms with Crippen LogP contribution in [0.5, 0.6) is 11.5 Å². The molecule has 0 spiro atoms. The van der Waals surface area contributed by atoms with Crippen LogP contribution in [0.1, 0.15) is 29.2 Å². The Morgan fingerprint density at radius 2 is 2.03 bits per heavy atom. The van der Waals surface area contributed by atoms with Crippen LogP contribution in [0.2, 0.25) is 0 Å². The number of carbonyl (C=O) groups is 1. The molecule has 1 aliphatic carbocycles. The lowest BCUT2D eigenvalue weighted by Gasteiger charge is -2.11. The van der Waals surface area contributed by atoms with E-state index < -0.39 is 16.5 Å². The van der Waals surface area contributed by atoms with Gasteiger partial charge in [-0.15, -0.1) is 16.4 Å². The van der Waals surface area contributed by atoms with Gasteiger partial charge in [0, 0.05) is 18.7 Å². The molecule has 0 radical (unpaired) electrons. The molecule has 1 aromatic carbocycles. The van der Waals surface area contributed by atoms with Crippen LogP contribution in [0, 0.1) is 10.1 Å². The number of nitro benzene ring substituents is 1. The Labute approximate surface area is 186 Å². The monoisotopic (exact) mass is 459 g/mol. The number of benzene rings is 1. The molecule has 1 amide bonds. The van der Waals surface area contributed by atoms with Gasteiger partial charge in [0.05, 0.1) is 36.6 Å². The summed E-state index contributed by atoms with van der Waals surface area (Å²) in [6.45, 7) is 0.194. The molecule has 1 fully saturated rings. The average molecular weight is 459 g/mol. The highest BCUT2D eigenvalue weighted by Gasteiger charge is 2.31. The fraction of sp³-hybridized carbons (Fsp3) is 0.350. The highest BCUT2D eigenvalue weighted by Crippen LogP contribution is 2.37. The Bertz CT molecular complexity index is 1210. The molecule has 0 atom stereocenters. The third-order valence-corrected chi connectivity index (χ3v) is 5.94. The number of ether oxygens (including phenoxy) is 2. The van der Waals surface area contributed by atoms with E-state index in [2.05, 4.69) is 10.4 Å². The van der Waals surface area contributed by atoms with E-state index in [0.29, 0.717) is 5.82 Å². The highest BCUT2D eigenvalue weighted by molar-refractivity contribution is 7.13. The molecule has 11 nitrogen and oxygen atoms in total. The molecule has 4 rings (SSSR count). The summed E-state index contributed by atoms with van der Waals surface area (Å²) in [7, 11) is 2.73. The normalized spacial score (nSPS) is 13.1. The molecule has 1 saturated carbocycles. The van der Waals surface area contributed by atoms with Gasteiger partial charge in [0.2, 0.25) is 0 Å². The summed E-state index contributed by atoms with van der Waals surface area (Å²) < 4.78 is 13.2. The Balaban J connectivity index is 1.52. The van der Waals surface area contributed by atoms with E-state index in [9.17, 15) is 19.7 Å². The number of methoxy groups -OCH3 is 2. The van der Waals surface area contributed by atoms with Crippen molar-refractivity contribution in [2.45, 2.75) is 25.4 Å². The quantitative estimate of drug-likeness (QED) is 0.384. The van der Waals surface area contributed by atoms with Crippen molar-refractivity contribution in [2.75, 3.05) is 20.8 Å². The maximum atomic E-state index is 12.8. The van der Waals surface area contributed by atoms with E-state index in [4.69, 9.17) is 9.47 Å². The predicted octanol–water partition coefficient (Wildman–Crippen LogP) is 2.46. The Morgan fingerprint density at radius 3 is 2.62 bits per heavy atom. The highest BCUT2D eigenvalue weighted by atomic mass is 32.1. The van der Waals surface area contributed by atoms with Gasteiger partial charge in [-0.1, -0.05) is 6.07 Å². The maximum absolute atomic E-state index is 12.8. The minimum atomic E-state index is -0.661. The first-order valence-corrected chi connectivity index (χ1v) is 10.7. The van der Waals surface area contributed by atoms with Crippen molar-refractivity contribution >= 4 is 22.9 Å². The van der Waals surface area contributed by atoms with Crippen molar-refractivity contribution in [3.05, 3.63) is 55.8 Å². The third kappa shape index (κ3) is 4.08. The van der Waals surface area contributed by atoms with Gasteiger partial charge >= 0.3 is 5.69 Å². The summed E-state index contributed by atoms with van der Waals surface area (Å²) in [5.41, 5.74) is -0.805. The molecule has 0 saturated heterocycles. The number of amides is 1. The number of carbonyl (C=O) groups excluding carboxylic acids is 1. The SMILES string of the molecule is COc1cc(C(=O)NCCn2nc(-c3cccs3)n(C3CC3)c2=O)c([N+](=O)[O-])cc1OC. The van der Waals surface area contributed by atoms with Gasteiger partial charge in [-0.3, -0.25) is 19.5 Å². The largest absolute Gasteiger partial charge is 0.493 e. The number of aromatic nitrogens is 3. The second-order valence-corrected chi connectivity index (χ2v) is 8.09. The van der Waals surface area contributed by atoms with Gasteiger partial charge in [0.25, 0.3) is 11.6 Å². The number of nitrogens with one attached hydrogen (secondary N) is 1. The van der Waals surface area contributed by atoms with E-state index in [1.54, 1.807) is 4.57 Å². The van der Waals surface area contributed by atoms with Crippen LogP contribution in [0.25, 0.3) is 10.7 Å². The molecular weight excluding hydrogens is 438 g/mol. The lowest BCUT2D eigenvalue weighted by molar-refractivity contribution is -0.385. The molecule has 2 aromatic heterocycles. The number of rotatable bonds is 9. The first-order chi connectivity index (χ1) is 15.4. The number of hydrogen-bond donors (Lipinski definition) is 1. The zero-order valence-electron chi connectivity index (χ0n) is 17.4. The van der Waals surface area contributed by atoms with Crippen LogP contribution in [0.3, 0.4) is 0 Å². The van der Waals surface area contributed by atoms with Crippen molar-refractivity contribution in [1.82, 2.24) is 19.7 Å².